The van der Waals surface area contributed by atoms with Crippen molar-refractivity contribution >= 4 is 30.2 Å². The molecule has 0 aliphatic carbocycles. The third kappa shape index (κ3) is 2.58. The standard InChI is InChI=1S/C14H16N2OS2/c18-9-14-15-4-5-16(14)8-10-1-2-12-11(7-10)13(19)3-6-17-12/h1-2,4-5,7,9,13-15,19H,3,6,8H2. The van der Waals surface area contributed by atoms with Gasteiger partial charge in [0.05, 0.1) is 6.61 Å². The summed E-state index contributed by atoms with van der Waals surface area (Å²) in [6, 6.07) is 6.35. The molecule has 1 aromatic carbocycles. The Morgan fingerprint density at radius 1 is 1.53 bits per heavy atom. The summed E-state index contributed by atoms with van der Waals surface area (Å²) in [5.41, 5.74) is 2.45. The normalized spacial score (nSPS) is 24.6. The average Bonchev–Trinajstić information content (AvgIpc) is 2.87. The van der Waals surface area contributed by atoms with Crippen molar-refractivity contribution in [2.24, 2.45) is 0 Å². The van der Waals surface area contributed by atoms with Crippen LogP contribution in [0.25, 0.3) is 0 Å². The minimum absolute atomic E-state index is 0.106. The van der Waals surface area contributed by atoms with Crippen LogP contribution in [-0.2, 0) is 6.54 Å². The van der Waals surface area contributed by atoms with Crippen molar-refractivity contribution in [2.45, 2.75) is 24.4 Å². The Morgan fingerprint density at radius 3 is 3.26 bits per heavy atom. The molecule has 0 saturated carbocycles. The molecule has 2 atom stereocenters. The third-order valence-corrected chi connectivity index (χ3v) is 4.26. The van der Waals surface area contributed by atoms with E-state index in [1.54, 1.807) is 5.37 Å². The fourth-order valence-corrected chi connectivity index (χ4v) is 2.97. The quantitative estimate of drug-likeness (QED) is 0.661. The Hall–Kier alpha value is -1.20. The van der Waals surface area contributed by atoms with Gasteiger partial charge in [-0.3, -0.25) is 0 Å². The van der Waals surface area contributed by atoms with Crippen LogP contribution < -0.4 is 10.1 Å². The van der Waals surface area contributed by atoms with Gasteiger partial charge in [0.1, 0.15) is 11.9 Å². The Labute approximate surface area is 124 Å². The van der Waals surface area contributed by atoms with E-state index in [1.807, 2.05) is 18.5 Å². The smallest absolute Gasteiger partial charge is 0.128 e. The largest absolute Gasteiger partial charge is 0.493 e. The van der Waals surface area contributed by atoms with Gasteiger partial charge in [-0.05, 0) is 24.1 Å². The summed E-state index contributed by atoms with van der Waals surface area (Å²) in [7, 11) is 0. The second kappa shape index (κ2) is 5.43. The van der Waals surface area contributed by atoms with Crippen LogP contribution in [-0.4, -0.2) is 23.0 Å². The van der Waals surface area contributed by atoms with E-state index in [4.69, 9.17) is 17.0 Å². The number of fused-ring (bicyclic) bond motifs is 1. The van der Waals surface area contributed by atoms with E-state index in [1.165, 1.54) is 11.1 Å². The number of benzene rings is 1. The molecule has 3 nitrogen and oxygen atoms in total. The van der Waals surface area contributed by atoms with Crippen molar-refractivity contribution in [3.05, 3.63) is 41.7 Å². The highest BCUT2D eigenvalue weighted by Crippen LogP contribution is 2.36. The molecule has 0 aromatic heterocycles. The molecule has 0 radical (unpaired) electrons. The molecule has 19 heavy (non-hydrogen) atoms. The number of thiocarbonyl (C=S) groups is 1. The van der Waals surface area contributed by atoms with Gasteiger partial charge >= 0.3 is 0 Å². The number of hydrogen-bond acceptors (Lipinski definition) is 5. The monoisotopic (exact) mass is 292 g/mol. The van der Waals surface area contributed by atoms with Crippen molar-refractivity contribution < 1.29 is 4.74 Å². The Morgan fingerprint density at radius 2 is 2.42 bits per heavy atom. The first kappa shape index (κ1) is 12.8. The fourth-order valence-electron chi connectivity index (χ4n) is 2.43. The van der Waals surface area contributed by atoms with E-state index in [0.29, 0.717) is 0 Å². The van der Waals surface area contributed by atoms with Crippen molar-refractivity contribution in [1.82, 2.24) is 10.2 Å². The minimum Gasteiger partial charge on any atom is -0.493 e. The number of nitrogens with zero attached hydrogens (tertiary/aromatic N) is 1. The highest BCUT2D eigenvalue weighted by Gasteiger charge is 2.20. The number of thiol groups is 1. The van der Waals surface area contributed by atoms with Gasteiger partial charge in [-0.1, -0.05) is 18.3 Å². The zero-order valence-electron chi connectivity index (χ0n) is 10.5. The van der Waals surface area contributed by atoms with Crippen molar-refractivity contribution in [3.8, 4) is 5.75 Å². The zero-order chi connectivity index (χ0) is 13.2. The van der Waals surface area contributed by atoms with E-state index in [2.05, 4.69) is 35.0 Å². The van der Waals surface area contributed by atoms with Gasteiger partial charge < -0.3 is 15.0 Å². The molecule has 0 saturated heterocycles. The fraction of sp³-hybridized carbons (Fsp3) is 0.357. The molecule has 2 aliphatic rings. The van der Waals surface area contributed by atoms with Crippen molar-refractivity contribution in [3.63, 3.8) is 0 Å². The lowest BCUT2D eigenvalue weighted by molar-refractivity contribution is 0.286. The Kier molecular flexibility index (Phi) is 3.66. The van der Waals surface area contributed by atoms with Gasteiger partial charge in [-0.25, -0.2) is 0 Å². The Balaban J connectivity index is 1.80. The molecule has 5 heteroatoms. The lowest BCUT2D eigenvalue weighted by atomic mass is 10.0. The number of ether oxygens (including phenoxy) is 1. The zero-order valence-corrected chi connectivity index (χ0v) is 12.2. The second-order valence-corrected chi connectivity index (χ2v) is 5.66. The molecule has 2 unspecified atom stereocenters. The number of rotatable bonds is 3. The van der Waals surface area contributed by atoms with Crippen LogP contribution in [0.4, 0.5) is 0 Å². The van der Waals surface area contributed by atoms with Gasteiger partial charge in [-0.2, -0.15) is 12.6 Å². The predicted octanol–water partition coefficient (Wildman–Crippen LogP) is 2.64. The van der Waals surface area contributed by atoms with Crippen LogP contribution in [0.2, 0.25) is 0 Å². The maximum atomic E-state index is 5.65. The summed E-state index contributed by atoms with van der Waals surface area (Å²) in [6.45, 7) is 1.58. The molecule has 0 amide bonds. The van der Waals surface area contributed by atoms with Crippen LogP contribution >= 0.6 is 24.8 Å². The average molecular weight is 292 g/mol. The molecule has 2 heterocycles. The summed E-state index contributed by atoms with van der Waals surface area (Å²) in [4.78, 5) is 2.17. The molecule has 1 N–H and O–H groups in total. The lowest BCUT2D eigenvalue weighted by Gasteiger charge is -2.25. The van der Waals surface area contributed by atoms with Gasteiger partial charge in [-0.15, -0.1) is 0 Å². The molecule has 2 aliphatic heterocycles. The summed E-state index contributed by atoms with van der Waals surface area (Å²) >= 11 is 9.65. The van der Waals surface area contributed by atoms with E-state index >= 15 is 0 Å². The maximum Gasteiger partial charge on any atom is 0.128 e. The molecular weight excluding hydrogens is 276 g/mol. The van der Waals surface area contributed by atoms with Gasteiger partial charge in [0.25, 0.3) is 0 Å². The van der Waals surface area contributed by atoms with Crippen LogP contribution in [0.3, 0.4) is 0 Å². The highest BCUT2D eigenvalue weighted by atomic mass is 32.1. The molecule has 3 rings (SSSR count). The molecule has 0 fully saturated rings. The SMILES string of the molecule is S=CC1NC=CN1Cc1ccc2c(c1)C(S)CCO2. The molecule has 100 valence electrons. The predicted molar refractivity (Wildman–Crippen MR) is 83.5 cm³/mol. The minimum atomic E-state index is 0.106. The van der Waals surface area contributed by atoms with Crippen molar-refractivity contribution in [2.75, 3.05) is 6.61 Å². The Bertz CT molecular complexity index is 518. The van der Waals surface area contributed by atoms with Gasteiger partial charge in [0.2, 0.25) is 0 Å². The second-order valence-electron chi connectivity index (χ2n) is 4.76. The summed E-state index contributed by atoms with van der Waals surface area (Å²) in [5, 5.41) is 5.21. The van der Waals surface area contributed by atoms with Crippen LogP contribution in [0, 0.1) is 0 Å². The van der Waals surface area contributed by atoms with Crippen LogP contribution in [0.5, 0.6) is 5.75 Å². The van der Waals surface area contributed by atoms with E-state index < -0.39 is 0 Å². The first-order chi connectivity index (χ1) is 9.28. The van der Waals surface area contributed by atoms with Crippen LogP contribution in [0.1, 0.15) is 22.8 Å². The summed E-state index contributed by atoms with van der Waals surface area (Å²) < 4.78 is 5.65. The highest BCUT2D eigenvalue weighted by molar-refractivity contribution is 7.80. The van der Waals surface area contributed by atoms with E-state index in [0.717, 1.165) is 25.3 Å². The first-order valence-corrected chi connectivity index (χ1v) is 7.34. The van der Waals surface area contributed by atoms with Gasteiger partial charge in [0, 0.05) is 35.1 Å². The third-order valence-electron chi connectivity index (χ3n) is 3.47. The molecule has 1 aromatic rings. The van der Waals surface area contributed by atoms with E-state index in [-0.39, 0.29) is 11.4 Å². The first-order valence-electron chi connectivity index (χ1n) is 6.35. The molecule has 0 spiro atoms. The topological polar surface area (TPSA) is 24.5 Å². The molecular formula is C14H16N2OS2. The lowest BCUT2D eigenvalue weighted by Crippen LogP contribution is -2.35. The maximum absolute atomic E-state index is 5.65. The van der Waals surface area contributed by atoms with Crippen molar-refractivity contribution in [1.29, 1.82) is 0 Å². The number of nitrogens with one attached hydrogen (secondary N) is 1. The van der Waals surface area contributed by atoms with Crippen LogP contribution in [0.15, 0.2) is 30.6 Å². The van der Waals surface area contributed by atoms with Gasteiger partial charge in [0.15, 0.2) is 0 Å². The molecule has 0 bridgehead atoms. The summed E-state index contributed by atoms with van der Waals surface area (Å²) in [5.74, 6) is 0.969. The summed E-state index contributed by atoms with van der Waals surface area (Å²) in [6.07, 6.45) is 5.03. The number of hydrogen-bond donors (Lipinski definition) is 2. The van der Waals surface area contributed by atoms with E-state index in [9.17, 15) is 0 Å².